The fraction of sp³-hybridized carbons (Fsp3) is 0.125. The van der Waals surface area contributed by atoms with Gasteiger partial charge in [-0.05, 0) is 42.5 Å². The third-order valence-corrected chi connectivity index (χ3v) is 3.75. The predicted molar refractivity (Wildman–Crippen MR) is 89.7 cm³/mol. The Balaban J connectivity index is 1.84. The highest BCUT2D eigenvalue weighted by Crippen LogP contribution is 2.25. The maximum atomic E-state index is 12.3. The second-order valence-corrected chi connectivity index (χ2v) is 5.69. The molecule has 1 heterocycles. The Morgan fingerprint density at radius 1 is 1.26 bits per heavy atom. The van der Waals surface area contributed by atoms with Crippen molar-refractivity contribution in [1.82, 2.24) is 10.2 Å². The average Bonchev–Trinajstić information content (AvgIpc) is 2.96. The molecular formula is C16H13BrFN3O2. The summed E-state index contributed by atoms with van der Waals surface area (Å²) >= 11 is 3.33. The molecule has 0 aliphatic heterocycles. The SMILES string of the molecule is O=C(Nc1n[nH]c2ccc(OCCF)cc12)c1ccc(Br)cc1. The monoisotopic (exact) mass is 377 g/mol. The van der Waals surface area contributed by atoms with Crippen molar-refractivity contribution in [2.24, 2.45) is 0 Å². The zero-order valence-electron chi connectivity index (χ0n) is 12.0. The number of fused-ring (bicyclic) bond motifs is 1. The van der Waals surface area contributed by atoms with E-state index in [0.29, 0.717) is 22.5 Å². The van der Waals surface area contributed by atoms with Crippen LogP contribution in [0.4, 0.5) is 10.2 Å². The summed E-state index contributed by atoms with van der Waals surface area (Å²) in [4.78, 5) is 12.3. The van der Waals surface area contributed by atoms with Crippen molar-refractivity contribution in [3.05, 3.63) is 52.5 Å². The van der Waals surface area contributed by atoms with Crippen LogP contribution in [0.3, 0.4) is 0 Å². The third-order valence-electron chi connectivity index (χ3n) is 3.22. The van der Waals surface area contributed by atoms with Crippen LogP contribution in [0.15, 0.2) is 46.9 Å². The van der Waals surface area contributed by atoms with Crippen molar-refractivity contribution in [1.29, 1.82) is 0 Å². The first-order chi connectivity index (χ1) is 11.2. The molecule has 0 bridgehead atoms. The van der Waals surface area contributed by atoms with E-state index in [-0.39, 0.29) is 12.5 Å². The molecule has 0 aliphatic rings. The number of hydrogen-bond acceptors (Lipinski definition) is 3. The molecule has 3 rings (SSSR count). The summed E-state index contributed by atoms with van der Waals surface area (Å²) in [6, 6.07) is 12.2. The number of aromatic amines is 1. The number of ether oxygens (including phenoxy) is 1. The van der Waals surface area contributed by atoms with Crippen molar-refractivity contribution in [3.8, 4) is 5.75 Å². The van der Waals surface area contributed by atoms with Gasteiger partial charge in [-0.1, -0.05) is 15.9 Å². The molecule has 1 amide bonds. The summed E-state index contributed by atoms with van der Waals surface area (Å²) in [5.74, 6) is 0.662. The van der Waals surface area contributed by atoms with Gasteiger partial charge in [-0.3, -0.25) is 9.89 Å². The standard InChI is InChI=1S/C16H13BrFN3O2/c17-11-3-1-10(2-4-11)16(22)19-15-13-9-12(23-8-7-18)5-6-14(13)20-21-15/h1-6,9H,7-8H2,(H2,19,20,21,22). The Kier molecular flexibility index (Phi) is 4.57. The van der Waals surface area contributed by atoms with Gasteiger partial charge in [0.1, 0.15) is 19.0 Å². The van der Waals surface area contributed by atoms with E-state index < -0.39 is 6.67 Å². The van der Waals surface area contributed by atoms with Crippen molar-refractivity contribution < 1.29 is 13.9 Å². The van der Waals surface area contributed by atoms with Gasteiger partial charge in [-0.15, -0.1) is 0 Å². The fourth-order valence-electron chi connectivity index (χ4n) is 2.12. The normalized spacial score (nSPS) is 10.7. The number of rotatable bonds is 5. The van der Waals surface area contributed by atoms with Crippen LogP contribution in [-0.4, -0.2) is 29.4 Å². The van der Waals surface area contributed by atoms with Crippen LogP contribution in [-0.2, 0) is 0 Å². The van der Waals surface area contributed by atoms with Gasteiger partial charge in [-0.2, -0.15) is 5.10 Å². The molecule has 0 saturated heterocycles. The summed E-state index contributed by atoms with van der Waals surface area (Å²) < 4.78 is 18.3. The van der Waals surface area contributed by atoms with E-state index in [9.17, 15) is 9.18 Å². The Labute approximate surface area is 140 Å². The average molecular weight is 378 g/mol. The summed E-state index contributed by atoms with van der Waals surface area (Å²) in [5.41, 5.74) is 1.28. The van der Waals surface area contributed by atoms with E-state index in [1.807, 2.05) is 0 Å². The van der Waals surface area contributed by atoms with Crippen molar-refractivity contribution in [3.63, 3.8) is 0 Å². The smallest absolute Gasteiger partial charge is 0.256 e. The minimum absolute atomic E-state index is 0.00998. The van der Waals surface area contributed by atoms with Gasteiger partial charge < -0.3 is 10.1 Å². The summed E-state index contributed by atoms with van der Waals surface area (Å²) in [5, 5.41) is 10.4. The molecule has 0 spiro atoms. The van der Waals surface area contributed by atoms with Gasteiger partial charge in [0, 0.05) is 15.4 Å². The molecule has 0 saturated carbocycles. The van der Waals surface area contributed by atoms with E-state index in [4.69, 9.17) is 4.74 Å². The Morgan fingerprint density at radius 2 is 2.04 bits per heavy atom. The number of benzene rings is 2. The van der Waals surface area contributed by atoms with Crippen LogP contribution >= 0.6 is 15.9 Å². The van der Waals surface area contributed by atoms with E-state index in [1.165, 1.54) is 0 Å². The third kappa shape index (κ3) is 3.50. The van der Waals surface area contributed by atoms with E-state index in [0.717, 1.165) is 9.99 Å². The summed E-state index contributed by atoms with van der Waals surface area (Å²) in [6.07, 6.45) is 0. The lowest BCUT2D eigenvalue weighted by molar-refractivity contribution is 0.102. The number of carbonyl (C=O) groups excluding carboxylic acids is 1. The molecule has 1 aromatic heterocycles. The highest BCUT2D eigenvalue weighted by Gasteiger charge is 2.12. The molecule has 0 unspecified atom stereocenters. The number of halogens is 2. The number of alkyl halides is 1. The van der Waals surface area contributed by atoms with E-state index >= 15 is 0 Å². The lowest BCUT2D eigenvalue weighted by Gasteiger charge is -2.05. The zero-order valence-corrected chi connectivity index (χ0v) is 13.6. The highest BCUT2D eigenvalue weighted by molar-refractivity contribution is 9.10. The van der Waals surface area contributed by atoms with E-state index in [1.54, 1.807) is 42.5 Å². The van der Waals surface area contributed by atoms with Crippen LogP contribution in [0.5, 0.6) is 5.75 Å². The second-order valence-electron chi connectivity index (χ2n) is 4.78. The zero-order chi connectivity index (χ0) is 16.2. The first-order valence-corrected chi connectivity index (χ1v) is 7.70. The molecule has 23 heavy (non-hydrogen) atoms. The fourth-order valence-corrected chi connectivity index (χ4v) is 2.38. The number of nitrogens with zero attached hydrogens (tertiary/aromatic N) is 1. The maximum absolute atomic E-state index is 12.3. The number of H-pyrrole nitrogens is 1. The lowest BCUT2D eigenvalue weighted by Crippen LogP contribution is -2.12. The van der Waals surface area contributed by atoms with Gasteiger partial charge >= 0.3 is 0 Å². The molecule has 0 radical (unpaired) electrons. The molecule has 5 nitrogen and oxygen atoms in total. The van der Waals surface area contributed by atoms with E-state index in [2.05, 4.69) is 31.4 Å². The van der Waals surface area contributed by atoms with Crippen LogP contribution in [0.2, 0.25) is 0 Å². The number of amides is 1. The van der Waals surface area contributed by atoms with Crippen molar-refractivity contribution in [2.45, 2.75) is 0 Å². The topological polar surface area (TPSA) is 67.0 Å². The van der Waals surface area contributed by atoms with Gasteiger partial charge in [0.25, 0.3) is 5.91 Å². The Bertz CT molecular complexity index is 833. The molecule has 0 aliphatic carbocycles. The second kappa shape index (κ2) is 6.78. The molecule has 2 aromatic carbocycles. The van der Waals surface area contributed by atoms with Crippen LogP contribution < -0.4 is 10.1 Å². The number of nitrogens with one attached hydrogen (secondary N) is 2. The molecule has 0 fully saturated rings. The van der Waals surface area contributed by atoms with Gasteiger partial charge in [-0.25, -0.2) is 4.39 Å². The number of hydrogen-bond donors (Lipinski definition) is 2. The highest BCUT2D eigenvalue weighted by atomic mass is 79.9. The first-order valence-electron chi connectivity index (χ1n) is 6.91. The summed E-state index contributed by atoms with van der Waals surface area (Å²) in [6.45, 7) is -0.569. The molecular weight excluding hydrogens is 365 g/mol. The number of aromatic nitrogens is 2. The van der Waals surface area contributed by atoms with Crippen LogP contribution in [0, 0.1) is 0 Å². The Morgan fingerprint density at radius 3 is 2.78 bits per heavy atom. The van der Waals surface area contributed by atoms with Crippen LogP contribution in [0.25, 0.3) is 10.9 Å². The molecule has 3 aromatic rings. The Hall–Kier alpha value is -2.41. The lowest BCUT2D eigenvalue weighted by atomic mass is 10.2. The van der Waals surface area contributed by atoms with Crippen molar-refractivity contribution in [2.75, 3.05) is 18.6 Å². The first kappa shape index (κ1) is 15.5. The minimum Gasteiger partial charge on any atom is -0.491 e. The number of carbonyl (C=O) groups is 1. The predicted octanol–water partition coefficient (Wildman–Crippen LogP) is 3.93. The minimum atomic E-state index is -0.559. The molecule has 7 heteroatoms. The van der Waals surface area contributed by atoms with Crippen LogP contribution in [0.1, 0.15) is 10.4 Å². The molecule has 118 valence electrons. The van der Waals surface area contributed by atoms with Crippen molar-refractivity contribution >= 4 is 38.6 Å². The van der Waals surface area contributed by atoms with Gasteiger partial charge in [0.15, 0.2) is 5.82 Å². The molecule has 2 N–H and O–H groups in total. The van der Waals surface area contributed by atoms with Gasteiger partial charge in [0.2, 0.25) is 0 Å². The molecule has 0 atom stereocenters. The summed E-state index contributed by atoms with van der Waals surface area (Å²) in [7, 11) is 0. The van der Waals surface area contributed by atoms with Gasteiger partial charge in [0.05, 0.1) is 5.52 Å². The maximum Gasteiger partial charge on any atom is 0.256 e. The largest absolute Gasteiger partial charge is 0.491 e. The quantitative estimate of drug-likeness (QED) is 0.707. The number of anilines is 1.